The summed E-state index contributed by atoms with van der Waals surface area (Å²) in [5.41, 5.74) is 4.81. The first-order chi connectivity index (χ1) is 6.74. The highest BCUT2D eigenvalue weighted by Crippen LogP contribution is 2.24. The van der Waals surface area contributed by atoms with Crippen LogP contribution in [0, 0.1) is 13.8 Å². The van der Waals surface area contributed by atoms with Gasteiger partial charge in [-0.05, 0) is 37.1 Å². The van der Waals surface area contributed by atoms with Gasteiger partial charge in [-0.1, -0.05) is 0 Å². The van der Waals surface area contributed by atoms with Crippen molar-refractivity contribution in [1.82, 2.24) is 9.97 Å². The largest absolute Gasteiger partial charge is 0.360 e. The molecule has 0 atom stereocenters. The van der Waals surface area contributed by atoms with Crippen LogP contribution < -0.4 is 0 Å². The zero-order chi connectivity index (χ0) is 10.1. The van der Waals surface area contributed by atoms with Gasteiger partial charge in [-0.2, -0.15) is 0 Å². The van der Waals surface area contributed by atoms with Gasteiger partial charge in [0.1, 0.15) is 0 Å². The molecule has 0 aromatic carbocycles. The van der Waals surface area contributed by atoms with Gasteiger partial charge in [0.05, 0.1) is 17.1 Å². The third kappa shape index (κ3) is 1.18. The summed E-state index contributed by atoms with van der Waals surface area (Å²) in [4.78, 5) is 16.9. The van der Waals surface area contributed by atoms with Gasteiger partial charge in [0.15, 0.2) is 6.29 Å². The summed E-state index contributed by atoms with van der Waals surface area (Å²) < 4.78 is 0. The van der Waals surface area contributed by atoms with E-state index in [2.05, 4.69) is 9.97 Å². The molecule has 0 bridgehead atoms. The summed E-state index contributed by atoms with van der Waals surface area (Å²) in [6, 6.07) is 3.92. The van der Waals surface area contributed by atoms with Gasteiger partial charge in [0.2, 0.25) is 0 Å². The maximum absolute atomic E-state index is 10.7. The van der Waals surface area contributed by atoms with Crippen molar-refractivity contribution in [2.24, 2.45) is 0 Å². The second-order valence-electron chi connectivity index (χ2n) is 3.37. The van der Waals surface area contributed by atoms with Gasteiger partial charge in [-0.25, -0.2) is 0 Å². The molecule has 2 rings (SSSR count). The number of nitrogens with one attached hydrogen (secondary N) is 2. The van der Waals surface area contributed by atoms with Crippen LogP contribution in [0.3, 0.4) is 0 Å². The van der Waals surface area contributed by atoms with E-state index in [0.29, 0.717) is 5.69 Å². The zero-order valence-electron chi connectivity index (χ0n) is 8.22. The Bertz CT molecular complexity index is 452. The maximum atomic E-state index is 10.7. The molecule has 0 aliphatic carbocycles. The van der Waals surface area contributed by atoms with E-state index in [0.717, 1.165) is 28.8 Å². The van der Waals surface area contributed by atoms with E-state index in [-0.39, 0.29) is 0 Å². The van der Waals surface area contributed by atoms with E-state index >= 15 is 0 Å². The Morgan fingerprint density at radius 3 is 2.57 bits per heavy atom. The monoisotopic (exact) mass is 188 g/mol. The van der Waals surface area contributed by atoms with E-state index in [9.17, 15) is 4.79 Å². The van der Waals surface area contributed by atoms with Crippen LogP contribution in [0.2, 0.25) is 0 Å². The Morgan fingerprint density at radius 2 is 2.07 bits per heavy atom. The van der Waals surface area contributed by atoms with E-state index in [1.165, 1.54) is 0 Å². The topological polar surface area (TPSA) is 48.6 Å². The molecule has 0 saturated carbocycles. The van der Waals surface area contributed by atoms with Crippen LogP contribution in [-0.4, -0.2) is 16.3 Å². The SMILES string of the molecule is Cc1c(C=O)[nH]c(-c2ccc[nH]2)c1C. The summed E-state index contributed by atoms with van der Waals surface area (Å²) in [5.74, 6) is 0. The minimum atomic E-state index is 0.659. The zero-order valence-corrected chi connectivity index (χ0v) is 8.22. The number of hydrogen-bond acceptors (Lipinski definition) is 1. The lowest BCUT2D eigenvalue weighted by atomic mass is 10.1. The predicted octanol–water partition coefficient (Wildman–Crippen LogP) is 2.44. The summed E-state index contributed by atoms with van der Waals surface area (Å²) in [6.07, 6.45) is 2.72. The molecule has 0 spiro atoms. The number of carbonyl (C=O) groups is 1. The smallest absolute Gasteiger partial charge is 0.166 e. The maximum Gasteiger partial charge on any atom is 0.166 e. The lowest BCUT2D eigenvalue weighted by Gasteiger charge is -1.95. The van der Waals surface area contributed by atoms with Gasteiger partial charge in [-0.3, -0.25) is 4.79 Å². The Hall–Kier alpha value is -1.77. The number of hydrogen-bond donors (Lipinski definition) is 2. The fourth-order valence-electron chi connectivity index (χ4n) is 1.58. The highest BCUT2D eigenvalue weighted by Gasteiger charge is 2.11. The molecular formula is C11H12N2O. The molecule has 0 radical (unpaired) electrons. The number of aldehydes is 1. The quantitative estimate of drug-likeness (QED) is 0.699. The van der Waals surface area contributed by atoms with Crippen molar-refractivity contribution in [3.8, 4) is 11.4 Å². The highest BCUT2D eigenvalue weighted by atomic mass is 16.1. The first kappa shape index (κ1) is 8.81. The lowest BCUT2D eigenvalue weighted by Crippen LogP contribution is -1.81. The molecule has 0 aliphatic heterocycles. The standard InChI is InChI=1S/C11H12N2O/c1-7-8(2)11(13-10(7)6-14)9-4-3-5-12-9/h3-6,12-13H,1-2H3. The minimum Gasteiger partial charge on any atom is -0.360 e. The van der Waals surface area contributed by atoms with E-state index in [4.69, 9.17) is 0 Å². The highest BCUT2D eigenvalue weighted by molar-refractivity contribution is 5.79. The third-order valence-electron chi connectivity index (χ3n) is 2.59. The summed E-state index contributed by atoms with van der Waals surface area (Å²) in [5, 5.41) is 0. The van der Waals surface area contributed by atoms with Gasteiger partial charge < -0.3 is 9.97 Å². The first-order valence-electron chi connectivity index (χ1n) is 4.52. The third-order valence-corrected chi connectivity index (χ3v) is 2.59. The second kappa shape index (κ2) is 3.18. The van der Waals surface area contributed by atoms with Gasteiger partial charge >= 0.3 is 0 Å². The number of carbonyl (C=O) groups excluding carboxylic acids is 1. The fourth-order valence-corrected chi connectivity index (χ4v) is 1.58. The molecule has 2 N–H and O–H groups in total. The van der Waals surface area contributed by atoms with Crippen molar-refractivity contribution >= 4 is 6.29 Å². The Kier molecular flexibility index (Phi) is 2.00. The molecule has 3 heteroatoms. The van der Waals surface area contributed by atoms with Gasteiger partial charge in [0.25, 0.3) is 0 Å². The van der Waals surface area contributed by atoms with Crippen molar-refractivity contribution in [3.63, 3.8) is 0 Å². The Labute approximate surface area is 82.2 Å². The molecule has 2 heterocycles. The Morgan fingerprint density at radius 1 is 1.29 bits per heavy atom. The number of aromatic amines is 2. The molecule has 3 nitrogen and oxygen atoms in total. The molecule has 0 aliphatic rings. The first-order valence-corrected chi connectivity index (χ1v) is 4.52. The van der Waals surface area contributed by atoms with E-state index in [1.807, 2.05) is 32.2 Å². The average molecular weight is 188 g/mol. The molecule has 2 aromatic rings. The molecule has 0 unspecified atom stereocenters. The van der Waals surface area contributed by atoms with Crippen molar-refractivity contribution in [1.29, 1.82) is 0 Å². The van der Waals surface area contributed by atoms with Crippen molar-refractivity contribution < 1.29 is 4.79 Å². The molecule has 0 fully saturated rings. The second-order valence-corrected chi connectivity index (χ2v) is 3.37. The van der Waals surface area contributed by atoms with Gasteiger partial charge in [0, 0.05) is 6.20 Å². The van der Waals surface area contributed by atoms with Crippen molar-refractivity contribution in [2.75, 3.05) is 0 Å². The van der Waals surface area contributed by atoms with Crippen molar-refractivity contribution in [2.45, 2.75) is 13.8 Å². The number of aromatic nitrogens is 2. The van der Waals surface area contributed by atoms with Crippen LogP contribution in [0.4, 0.5) is 0 Å². The predicted molar refractivity (Wildman–Crippen MR) is 55.4 cm³/mol. The molecule has 0 amide bonds. The van der Waals surface area contributed by atoms with E-state index < -0.39 is 0 Å². The summed E-state index contributed by atoms with van der Waals surface area (Å²) in [6.45, 7) is 3.96. The number of rotatable bonds is 2. The molecule has 72 valence electrons. The number of H-pyrrole nitrogens is 2. The van der Waals surface area contributed by atoms with E-state index in [1.54, 1.807) is 0 Å². The summed E-state index contributed by atoms with van der Waals surface area (Å²) in [7, 11) is 0. The van der Waals surface area contributed by atoms with Crippen LogP contribution in [0.15, 0.2) is 18.3 Å². The van der Waals surface area contributed by atoms with Crippen LogP contribution in [-0.2, 0) is 0 Å². The molecule has 0 saturated heterocycles. The normalized spacial score (nSPS) is 10.4. The Balaban J connectivity index is 2.60. The van der Waals surface area contributed by atoms with Gasteiger partial charge in [-0.15, -0.1) is 0 Å². The summed E-state index contributed by atoms with van der Waals surface area (Å²) >= 11 is 0. The lowest BCUT2D eigenvalue weighted by molar-refractivity contribution is 0.111. The molecule has 14 heavy (non-hydrogen) atoms. The van der Waals surface area contributed by atoms with Crippen LogP contribution in [0.1, 0.15) is 21.6 Å². The fraction of sp³-hybridized carbons (Fsp3) is 0.182. The average Bonchev–Trinajstić information content (AvgIpc) is 2.78. The van der Waals surface area contributed by atoms with Crippen LogP contribution >= 0.6 is 0 Å². The molecule has 2 aromatic heterocycles. The van der Waals surface area contributed by atoms with Crippen molar-refractivity contribution in [3.05, 3.63) is 35.2 Å². The minimum absolute atomic E-state index is 0.659. The van der Waals surface area contributed by atoms with Crippen LogP contribution in [0.25, 0.3) is 11.4 Å². The van der Waals surface area contributed by atoms with Crippen LogP contribution in [0.5, 0.6) is 0 Å². The molecular weight excluding hydrogens is 176 g/mol.